The number of amides is 1. The van der Waals surface area contributed by atoms with Crippen LogP contribution >= 0.6 is 50.4 Å². The summed E-state index contributed by atoms with van der Waals surface area (Å²) < 4.78 is 1.94. The molecule has 3 rings (SSSR count). The molecule has 3 aromatic rings. The number of hydrogen-bond acceptors (Lipinski definition) is 6. The first-order chi connectivity index (χ1) is 12.3. The standard InChI is InChI=1S/C18H18BrN3OS3/c1-18(2,3)14-9-25-17(21-14)26-10-15(23)22-16-20-13(8-24-16)11-4-6-12(19)7-5-11/h4-9H,10H2,1-3H3,(H,20,22,23). The summed E-state index contributed by atoms with van der Waals surface area (Å²) in [7, 11) is 0. The van der Waals surface area contributed by atoms with E-state index in [2.05, 4.69) is 57.4 Å². The maximum atomic E-state index is 12.2. The Bertz CT molecular complexity index is 897. The molecule has 0 atom stereocenters. The van der Waals surface area contributed by atoms with Crippen LogP contribution in [0.25, 0.3) is 11.3 Å². The molecule has 1 aromatic carbocycles. The van der Waals surface area contributed by atoms with Gasteiger partial charge in [-0.1, -0.05) is 60.6 Å². The maximum Gasteiger partial charge on any atom is 0.236 e. The van der Waals surface area contributed by atoms with Gasteiger partial charge >= 0.3 is 0 Å². The predicted molar refractivity (Wildman–Crippen MR) is 115 cm³/mol. The van der Waals surface area contributed by atoms with Crippen LogP contribution in [0.3, 0.4) is 0 Å². The number of aromatic nitrogens is 2. The van der Waals surface area contributed by atoms with Gasteiger partial charge in [-0.2, -0.15) is 0 Å². The normalized spacial score (nSPS) is 11.5. The van der Waals surface area contributed by atoms with E-state index in [9.17, 15) is 4.79 Å². The minimum Gasteiger partial charge on any atom is -0.301 e. The van der Waals surface area contributed by atoms with Crippen molar-refractivity contribution in [3.8, 4) is 11.3 Å². The second kappa shape index (κ2) is 8.21. The van der Waals surface area contributed by atoms with Gasteiger partial charge < -0.3 is 5.32 Å². The van der Waals surface area contributed by atoms with Gasteiger partial charge in [0.15, 0.2) is 9.47 Å². The Morgan fingerprint density at radius 2 is 1.88 bits per heavy atom. The van der Waals surface area contributed by atoms with Gasteiger partial charge in [-0.15, -0.1) is 22.7 Å². The van der Waals surface area contributed by atoms with Crippen LogP contribution in [0.15, 0.2) is 43.8 Å². The van der Waals surface area contributed by atoms with Crippen LogP contribution in [-0.4, -0.2) is 21.6 Å². The molecule has 8 heteroatoms. The predicted octanol–water partition coefficient (Wildman–Crippen LogP) is 6.06. The molecular formula is C18H18BrN3OS3. The Labute approximate surface area is 173 Å². The highest BCUT2D eigenvalue weighted by atomic mass is 79.9. The summed E-state index contributed by atoms with van der Waals surface area (Å²) in [5.74, 6) is 0.254. The molecule has 0 saturated carbocycles. The number of rotatable bonds is 5. The number of carbonyl (C=O) groups is 1. The molecule has 2 aromatic heterocycles. The van der Waals surface area contributed by atoms with E-state index in [1.165, 1.54) is 23.1 Å². The van der Waals surface area contributed by atoms with Gasteiger partial charge in [-0.25, -0.2) is 9.97 Å². The zero-order valence-electron chi connectivity index (χ0n) is 14.6. The van der Waals surface area contributed by atoms with Gasteiger partial charge in [-0.05, 0) is 12.1 Å². The average molecular weight is 468 g/mol. The number of hydrogen-bond donors (Lipinski definition) is 1. The van der Waals surface area contributed by atoms with Gasteiger partial charge in [0.1, 0.15) is 0 Å². The summed E-state index contributed by atoms with van der Waals surface area (Å²) in [6.07, 6.45) is 0. The van der Waals surface area contributed by atoms with Crippen molar-refractivity contribution in [2.45, 2.75) is 30.5 Å². The lowest BCUT2D eigenvalue weighted by atomic mass is 9.93. The van der Waals surface area contributed by atoms with Crippen molar-refractivity contribution in [3.63, 3.8) is 0 Å². The lowest BCUT2D eigenvalue weighted by Gasteiger charge is -2.14. The van der Waals surface area contributed by atoms with Crippen LogP contribution in [0.1, 0.15) is 26.5 Å². The second-order valence-electron chi connectivity index (χ2n) is 6.63. The Morgan fingerprint density at radius 1 is 1.15 bits per heavy atom. The third kappa shape index (κ3) is 5.16. The summed E-state index contributed by atoms with van der Waals surface area (Å²) in [5, 5.41) is 7.49. The first kappa shape index (κ1) is 19.5. The molecule has 0 fully saturated rings. The topological polar surface area (TPSA) is 54.9 Å². The third-order valence-corrected chi connectivity index (χ3v) is 6.78. The van der Waals surface area contributed by atoms with E-state index in [-0.39, 0.29) is 11.3 Å². The molecule has 4 nitrogen and oxygen atoms in total. The number of nitrogens with one attached hydrogen (secondary N) is 1. The van der Waals surface area contributed by atoms with Crippen LogP contribution in [0.5, 0.6) is 0 Å². The minimum absolute atomic E-state index is 0.0296. The van der Waals surface area contributed by atoms with Crippen molar-refractivity contribution in [3.05, 3.63) is 45.2 Å². The van der Waals surface area contributed by atoms with Gasteiger partial charge in [0, 0.05) is 26.2 Å². The fraction of sp³-hybridized carbons (Fsp3) is 0.278. The first-order valence-corrected chi connectivity index (χ1v) is 11.5. The second-order valence-corrected chi connectivity index (χ2v) is 10.5. The van der Waals surface area contributed by atoms with E-state index in [4.69, 9.17) is 0 Å². The average Bonchev–Trinajstić information content (AvgIpc) is 3.22. The number of carbonyl (C=O) groups excluding carboxylic acids is 1. The molecule has 0 saturated heterocycles. The third-order valence-electron chi connectivity index (χ3n) is 3.47. The molecule has 0 aliphatic rings. The van der Waals surface area contributed by atoms with E-state index in [1.807, 2.05) is 29.6 Å². The fourth-order valence-corrected chi connectivity index (χ4v) is 4.89. The van der Waals surface area contributed by atoms with E-state index in [0.29, 0.717) is 10.9 Å². The SMILES string of the molecule is CC(C)(C)c1csc(SCC(=O)Nc2nc(-c3ccc(Br)cc3)cs2)n1. The van der Waals surface area contributed by atoms with Crippen LogP contribution < -0.4 is 5.32 Å². The fourth-order valence-electron chi connectivity index (χ4n) is 2.04. The summed E-state index contributed by atoms with van der Waals surface area (Å²) in [5.41, 5.74) is 2.98. The summed E-state index contributed by atoms with van der Waals surface area (Å²) >= 11 is 7.89. The molecule has 0 aliphatic carbocycles. The van der Waals surface area contributed by atoms with Gasteiger partial charge in [0.05, 0.1) is 17.1 Å². The molecule has 2 heterocycles. The van der Waals surface area contributed by atoms with Crippen molar-refractivity contribution in [1.29, 1.82) is 0 Å². The molecule has 26 heavy (non-hydrogen) atoms. The number of anilines is 1. The highest BCUT2D eigenvalue weighted by Crippen LogP contribution is 2.30. The van der Waals surface area contributed by atoms with Crippen molar-refractivity contribution in [1.82, 2.24) is 9.97 Å². The molecule has 0 spiro atoms. The first-order valence-electron chi connectivity index (χ1n) is 7.91. The molecule has 0 radical (unpaired) electrons. The van der Waals surface area contributed by atoms with E-state index in [0.717, 1.165) is 25.8 Å². The smallest absolute Gasteiger partial charge is 0.236 e. The van der Waals surface area contributed by atoms with Crippen molar-refractivity contribution < 1.29 is 4.79 Å². The molecule has 1 amide bonds. The van der Waals surface area contributed by atoms with E-state index >= 15 is 0 Å². The molecule has 0 unspecified atom stereocenters. The monoisotopic (exact) mass is 467 g/mol. The van der Waals surface area contributed by atoms with Crippen LogP contribution in [0, 0.1) is 0 Å². The van der Waals surface area contributed by atoms with E-state index in [1.54, 1.807) is 11.3 Å². The van der Waals surface area contributed by atoms with Crippen molar-refractivity contribution >= 4 is 61.4 Å². The van der Waals surface area contributed by atoms with Gasteiger partial charge in [-0.3, -0.25) is 4.79 Å². The Kier molecular flexibility index (Phi) is 6.17. The minimum atomic E-state index is -0.0702. The van der Waals surface area contributed by atoms with Crippen LogP contribution in [0.4, 0.5) is 5.13 Å². The number of benzene rings is 1. The highest BCUT2D eigenvalue weighted by Gasteiger charge is 2.18. The zero-order chi connectivity index (χ0) is 18.7. The van der Waals surface area contributed by atoms with Crippen LogP contribution in [-0.2, 0) is 10.2 Å². The molecule has 0 aliphatic heterocycles. The summed E-state index contributed by atoms with van der Waals surface area (Å²) in [4.78, 5) is 21.3. The van der Waals surface area contributed by atoms with E-state index < -0.39 is 0 Å². The molecular weight excluding hydrogens is 450 g/mol. The molecule has 1 N–H and O–H groups in total. The lowest BCUT2D eigenvalue weighted by Crippen LogP contribution is -2.14. The molecule has 0 bridgehead atoms. The number of halogens is 1. The number of nitrogens with zero attached hydrogens (tertiary/aromatic N) is 2. The Hall–Kier alpha value is -1.22. The van der Waals surface area contributed by atoms with Crippen LogP contribution in [0.2, 0.25) is 0 Å². The Balaban J connectivity index is 1.55. The largest absolute Gasteiger partial charge is 0.301 e. The summed E-state index contributed by atoms with van der Waals surface area (Å²) in [6.45, 7) is 6.40. The summed E-state index contributed by atoms with van der Waals surface area (Å²) in [6, 6.07) is 7.94. The maximum absolute atomic E-state index is 12.2. The highest BCUT2D eigenvalue weighted by molar-refractivity contribution is 9.10. The number of thiazole rings is 2. The molecule has 136 valence electrons. The van der Waals surface area contributed by atoms with Gasteiger partial charge in [0.2, 0.25) is 5.91 Å². The lowest BCUT2D eigenvalue weighted by molar-refractivity contribution is -0.113. The zero-order valence-corrected chi connectivity index (χ0v) is 18.6. The van der Waals surface area contributed by atoms with Gasteiger partial charge in [0.25, 0.3) is 0 Å². The van der Waals surface area contributed by atoms with Crippen molar-refractivity contribution in [2.24, 2.45) is 0 Å². The Morgan fingerprint density at radius 3 is 2.54 bits per heavy atom. The van der Waals surface area contributed by atoms with Crippen molar-refractivity contribution in [2.75, 3.05) is 11.1 Å². The quantitative estimate of drug-likeness (QED) is 0.463. The number of thioether (sulfide) groups is 1.